The summed E-state index contributed by atoms with van der Waals surface area (Å²) >= 11 is 0. The Bertz CT molecular complexity index is 2160. The standard InChI is InChI=1S/C29H21N5O8S2.2H3N/c35-28-25-15-12-23(30-29(36)18-4-2-1-3-5-18)16-19(25)17-26(44(40,41)42)27(28)34-33-21-8-6-20(7-9-21)31-32-22-10-13-24(14-11-22)43(37,38)39;;/h1-17,35H,(H,30,36)(H,37,38,39)(H,40,41,42);2*1H3. The number of anilines is 1. The summed E-state index contributed by atoms with van der Waals surface area (Å²) in [6.07, 6.45) is 0. The largest absolute Gasteiger partial charge is 0.505 e. The number of nitrogens with one attached hydrogen (secondary N) is 1. The van der Waals surface area contributed by atoms with Crippen LogP contribution in [0.5, 0.6) is 5.75 Å². The number of hydrogen-bond acceptors (Lipinski definition) is 12. The first-order valence-corrected chi connectivity index (χ1v) is 15.4. The molecule has 1 amide bonds. The molecule has 0 unspecified atom stereocenters. The zero-order valence-electron chi connectivity index (χ0n) is 23.7. The van der Waals surface area contributed by atoms with E-state index in [0.717, 1.165) is 6.07 Å². The Hall–Kier alpha value is -5.43. The summed E-state index contributed by atoms with van der Waals surface area (Å²) in [6, 6.07) is 25.1. The lowest BCUT2D eigenvalue weighted by atomic mass is 10.1. The predicted octanol–water partition coefficient (Wildman–Crippen LogP) is 7.45. The number of carbonyl (C=O) groups is 1. The highest BCUT2D eigenvalue weighted by Gasteiger charge is 2.22. The summed E-state index contributed by atoms with van der Waals surface area (Å²) in [4.78, 5) is 11.5. The molecule has 10 N–H and O–H groups in total. The molecule has 17 heteroatoms. The number of benzene rings is 5. The normalized spacial score (nSPS) is 11.7. The number of carbonyl (C=O) groups excluding carboxylic acids is 1. The van der Waals surface area contributed by atoms with E-state index in [0.29, 0.717) is 22.6 Å². The van der Waals surface area contributed by atoms with Gasteiger partial charge in [0.1, 0.15) is 10.6 Å². The maximum atomic E-state index is 12.5. The number of fused-ring (bicyclic) bond motifs is 1. The molecule has 0 aromatic heterocycles. The number of phenols is 1. The van der Waals surface area contributed by atoms with Gasteiger partial charge in [0, 0.05) is 16.6 Å². The van der Waals surface area contributed by atoms with Crippen LogP contribution < -0.4 is 17.6 Å². The predicted molar refractivity (Wildman–Crippen MR) is 171 cm³/mol. The van der Waals surface area contributed by atoms with Gasteiger partial charge < -0.3 is 22.7 Å². The van der Waals surface area contributed by atoms with Crippen molar-refractivity contribution < 1.29 is 35.8 Å². The molecule has 0 spiro atoms. The fourth-order valence-corrected chi connectivity index (χ4v) is 5.15. The molecular formula is C29H27N7O8S2. The molecule has 0 bridgehead atoms. The maximum Gasteiger partial charge on any atom is 0.296 e. The van der Waals surface area contributed by atoms with Crippen LogP contribution >= 0.6 is 0 Å². The second-order valence-corrected chi connectivity index (χ2v) is 12.0. The third-order valence-corrected chi connectivity index (χ3v) is 7.89. The third-order valence-electron chi connectivity index (χ3n) is 6.15. The van der Waals surface area contributed by atoms with Crippen molar-refractivity contribution in [1.82, 2.24) is 12.3 Å². The monoisotopic (exact) mass is 665 g/mol. The smallest absolute Gasteiger partial charge is 0.296 e. The van der Waals surface area contributed by atoms with Gasteiger partial charge in [-0.1, -0.05) is 18.2 Å². The van der Waals surface area contributed by atoms with Crippen molar-refractivity contribution in [2.24, 2.45) is 20.5 Å². The van der Waals surface area contributed by atoms with Crippen LogP contribution in [0.25, 0.3) is 10.8 Å². The lowest BCUT2D eigenvalue weighted by molar-refractivity contribution is 0.102. The van der Waals surface area contributed by atoms with E-state index in [-0.39, 0.29) is 33.7 Å². The second-order valence-electron chi connectivity index (χ2n) is 9.19. The molecule has 5 rings (SSSR count). The quantitative estimate of drug-likeness (QED) is 0.0703. The minimum Gasteiger partial charge on any atom is -0.505 e. The number of nitrogens with zero attached hydrogens (tertiary/aromatic N) is 4. The summed E-state index contributed by atoms with van der Waals surface area (Å²) in [7, 11) is -9.18. The molecule has 0 fully saturated rings. The molecule has 0 aliphatic heterocycles. The fourth-order valence-electron chi connectivity index (χ4n) is 4.01. The van der Waals surface area contributed by atoms with E-state index in [4.69, 9.17) is 4.55 Å². The molecule has 5 aromatic carbocycles. The van der Waals surface area contributed by atoms with Crippen molar-refractivity contribution in [2.75, 3.05) is 5.32 Å². The molecule has 46 heavy (non-hydrogen) atoms. The summed E-state index contributed by atoms with van der Waals surface area (Å²) < 4.78 is 65.7. The van der Waals surface area contributed by atoms with Crippen molar-refractivity contribution in [1.29, 1.82) is 0 Å². The van der Waals surface area contributed by atoms with Crippen LogP contribution in [0.1, 0.15) is 10.4 Å². The molecule has 15 nitrogen and oxygen atoms in total. The van der Waals surface area contributed by atoms with Gasteiger partial charge in [-0.3, -0.25) is 13.9 Å². The lowest BCUT2D eigenvalue weighted by Gasteiger charge is -2.11. The molecule has 0 aliphatic rings. The topological polar surface area (TPSA) is 278 Å². The number of azo groups is 2. The van der Waals surface area contributed by atoms with Crippen molar-refractivity contribution >= 4 is 65.4 Å². The number of aromatic hydroxyl groups is 1. The summed E-state index contributed by atoms with van der Waals surface area (Å²) in [5.41, 5.74) is 1.23. The van der Waals surface area contributed by atoms with Crippen LogP contribution in [0.4, 0.5) is 28.4 Å². The molecule has 238 valence electrons. The van der Waals surface area contributed by atoms with Gasteiger partial charge in [-0.15, -0.1) is 5.11 Å². The zero-order chi connectivity index (χ0) is 31.5. The fraction of sp³-hybridized carbons (Fsp3) is 0. The van der Waals surface area contributed by atoms with Crippen LogP contribution in [0.3, 0.4) is 0 Å². The van der Waals surface area contributed by atoms with Crippen LogP contribution in [0, 0.1) is 0 Å². The van der Waals surface area contributed by atoms with E-state index in [1.54, 1.807) is 30.3 Å². The molecular weight excluding hydrogens is 638 g/mol. The third kappa shape index (κ3) is 8.18. The van der Waals surface area contributed by atoms with E-state index < -0.39 is 42.5 Å². The van der Waals surface area contributed by atoms with Gasteiger partial charge in [-0.2, -0.15) is 32.2 Å². The van der Waals surface area contributed by atoms with Crippen LogP contribution in [-0.4, -0.2) is 37.0 Å². The highest BCUT2D eigenvalue weighted by atomic mass is 32.2. The zero-order valence-corrected chi connectivity index (χ0v) is 25.4. The highest BCUT2D eigenvalue weighted by Crippen LogP contribution is 2.42. The first-order chi connectivity index (χ1) is 20.9. The van der Waals surface area contributed by atoms with E-state index in [1.807, 2.05) is 0 Å². The Kier molecular flexibility index (Phi) is 10.8. The van der Waals surface area contributed by atoms with Crippen molar-refractivity contribution in [3.05, 3.63) is 109 Å². The number of amides is 1. The Morgan fingerprint density at radius 1 is 0.630 bits per heavy atom. The molecule has 0 saturated heterocycles. The number of phenolic OH excluding ortho intramolecular Hbond substituents is 1. The molecule has 0 atom stereocenters. The van der Waals surface area contributed by atoms with Crippen molar-refractivity contribution in [3.63, 3.8) is 0 Å². The highest BCUT2D eigenvalue weighted by molar-refractivity contribution is 7.86. The lowest BCUT2D eigenvalue weighted by Crippen LogP contribution is -2.11. The molecule has 0 aliphatic carbocycles. The Labute approximate surface area is 263 Å². The van der Waals surface area contributed by atoms with Gasteiger partial charge in [-0.25, -0.2) is 0 Å². The first-order valence-electron chi connectivity index (χ1n) is 12.5. The van der Waals surface area contributed by atoms with E-state index in [2.05, 4.69) is 25.8 Å². The average molecular weight is 666 g/mol. The summed E-state index contributed by atoms with van der Waals surface area (Å²) in [5.74, 6) is -0.943. The van der Waals surface area contributed by atoms with Crippen molar-refractivity contribution in [2.45, 2.75) is 9.79 Å². The minimum absolute atomic E-state index is 0. The first kappa shape index (κ1) is 35.1. The van der Waals surface area contributed by atoms with Gasteiger partial charge in [0.2, 0.25) is 0 Å². The Balaban J connectivity index is 0.00000288. The Morgan fingerprint density at radius 3 is 1.67 bits per heavy atom. The average Bonchev–Trinajstić information content (AvgIpc) is 2.99. The van der Waals surface area contributed by atoms with Gasteiger partial charge in [-0.05, 0) is 90.3 Å². The number of hydrogen-bond donors (Lipinski definition) is 6. The van der Waals surface area contributed by atoms with E-state index in [1.165, 1.54) is 66.7 Å². The van der Waals surface area contributed by atoms with Gasteiger partial charge in [0.15, 0.2) is 5.75 Å². The Morgan fingerprint density at radius 2 is 1.15 bits per heavy atom. The summed E-state index contributed by atoms with van der Waals surface area (Å²) in [5, 5.41) is 29.9. The number of rotatable bonds is 8. The van der Waals surface area contributed by atoms with Crippen molar-refractivity contribution in [3.8, 4) is 5.75 Å². The second kappa shape index (κ2) is 14.1. The minimum atomic E-state index is -4.86. The molecule has 5 aromatic rings. The SMILES string of the molecule is N.N.O=C(Nc1ccc2c(O)c(N=Nc3ccc(N=Nc4ccc(S(=O)(=O)O)cc4)cc3)c(S(=O)(=O)O)cc2c1)c1ccccc1. The van der Waals surface area contributed by atoms with E-state index in [9.17, 15) is 31.3 Å². The van der Waals surface area contributed by atoms with Gasteiger partial charge in [0.05, 0.1) is 22.0 Å². The van der Waals surface area contributed by atoms with Gasteiger partial charge >= 0.3 is 0 Å². The van der Waals surface area contributed by atoms with Crippen LogP contribution in [0.15, 0.2) is 133 Å². The summed E-state index contributed by atoms with van der Waals surface area (Å²) in [6.45, 7) is 0. The maximum absolute atomic E-state index is 12.5. The van der Waals surface area contributed by atoms with Crippen LogP contribution in [0.2, 0.25) is 0 Å². The van der Waals surface area contributed by atoms with Crippen LogP contribution in [-0.2, 0) is 20.2 Å². The molecule has 0 heterocycles. The van der Waals surface area contributed by atoms with Gasteiger partial charge in [0.25, 0.3) is 26.1 Å². The molecule has 0 radical (unpaired) electrons. The van der Waals surface area contributed by atoms with E-state index >= 15 is 0 Å². The molecule has 0 saturated carbocycles.